The Balaban J connectivity index is 1.78. The maximum Gasteiger partial charge on any atom is 0.246 e. The Kier molecular flexibility index (Phi) is 10.3. The number of unbranched alkanes of at least 4 members (excludes halogenated alkanes) is 3. The molecule has 6 heteroatoms. The molecule has 0 bridgehead atoms. The van der Waals surface area contributed by atoms with Crippen molar-refractivity contribution in [3.63, 3.8) is 0 Å². The van der Waals surface area contributed by atoms with E-state index in [1.165, 1.54) is 0 Å². The van der Waals surface area contributed by atoms with Crippen LogP contribution in [0.15, 0.2) is 30.3 Å². The van der Waals surface area contributed by atoms with Crippen LogP contribution in [0, 0.1) is 0 Å². The maximum atomic E-state index is 12.6. The highest BCUT2D eigenvalue weighted by atomic mass is 16.7. The van der Waals surface area contributed by atoms with Gasteiger partial charge in [-0.25, -0.2) is 5.06 Å². The number of morpholine rings is 1. The van der Waals surface area contributed by atoms with Crippen molar-refractivity contribution in [1.29, 1.82) is 0 Å². The lowest BCUT2D eigenvalue weighted by atomic mass is 10.1. The second-order valence-corrected chi connectivity index (χ2v) is 6.66. The second-order valence-electron chi connectivity index (χ2n) is 6.66. The molecule has 2 N–H and O–H groups in total. The van der Waals surface area contributed by atoms with Crippen LogP contribution in [0.25, 0.3) is 0 Å². The number of benzene rings is 1. The molecule has 0 aromatic heterocycles. The first-order valence-corrected chi connectivity index (χ1v) is 9.77. The SMILES string of the molecule is NCCCCCCC(=O)N(Cc1ccccc1)OCCN1CCOCC1. The van der Waals surface area contributed by atoms with Crippen molar-refractivity contribution in [2.45, 2.75) is 38.6 Å². The number of hydrogen-bond acceptors (Lipinski definition) is 5. The number of nitrogens with zero attached hydrogens (tertiary/aromatic N) is 2. The van der Waals surface area contributed by atoms with Crippen LogP contribution in [0.3, 0.4) is 0 Å². The van der Waals surface area contributed by atoms with Crippen LogP contribution in [0.4, 0.5) is 0 Å². The molecule has 1 amide bonds. The van der Waals surface area contributed by atoms with Crippen LogP contribution in [-0.4, -0.2) is 61.9 Å². The fourth-order valence-corrected chi connectivity index (χ4v) is 2.96. The van der Waals surface area contributed by atoms with E-state index >= 15 is 0 Å². The Morgan fingerprint density at radius 2 is 1.85 bits per heavy atom. The van der Waals surface area contributed by atoms with Gasteiger partial charge in [0.05, 0.1) is 26.4 Å². The van der Waals surface area contributed by atoms with E-state index in [4.69, 9.17) is 15.3 Å². The van der Waals surface area contributed by atoms with E-state index in [1.807, 2.05) is 30.3 Å². The first kappa shape index (κ1) is 20.8. The summed E-state index contributed by atoms with van der Waals surface area (Å²) in [6.45, 7) is 5.95. The fraction of sp³-hybridized carbons (Fsp3) is 0.650. The van der Waals surface area contributed by atoms with Crippen LogP contribution >= 0.6 is 0 Å². The monoisotopic (exact) mass is 363 g/mol. The van der Waals surface area contributed by atoms with E-state index in [2.05, 4.69) is 4.90 Å². The van der Waals surface area contributed by atoms with E-state index in [0.29, 0.717) is 19.6 Å². The topological polar surface area (TPSA) is 68.0 Å². The molecule has 146 valence electrons. The van der Waals surface area contributed by atoms with E-state index in [9.17, 15) is 4.79 Å². The van der Waals surface area contributed by atoms with E-state index in [0.717, 1.165) is 70.6 Å². The van der Waals surface area contributed by atoms with Crippen LogP contribution in [-0.2, 0) is 20.9 Å². The van der Waals surface area contributed by atoms with Gasteiger partial charge in [0.1, 0.15) is 0 Å². The molecule has 1 aliphatic rings. The van der Waals surface area contributed by atoms with Gasteiger partial charge in [-0.3, -0.25) is 14.5 Å². The summed E-state index contributed by atoms with van der Waals surface area (Å²) in [7, 11) is 0. The standard InChI is InChI=1S/C20H33N3O3/c21-11-7-2-1-6-10-20(24)23(18-19-8-4-3-5-9-19)26-17-14-22-12-15-25-16-13-22/h3-5,8-9H,1-2,6-7,10-18,21H2. The molecule has 0 atom stereocenters. The molecule has 1 heterocycles. The molecule has 0 radical (unpaired) electrons. The minimum atomic E-state index is 0.0589. The Morgan fingerprint density at radius 1 is 1.12 bits per heavy atom. The number of nitrogens with two attached hydrogens (primary N) is 1. The average molecular weight is 364 g/mol. The Morgan fingerprint density at radius 3 is 2.58 bits per heavy atom. The summed E-state index contributed by atoms with van der Waals surface area (Å²) in [6.07, 6.45) is 4.56. The van der Waals surface area contributed by atoms with Gasteiger partial charge in [0, 0.05) is 26.1 Å². The smallest absolute Gasteiger partial charge is 0.246 e. The molecule has 1 aliphatic heterocycles. The zero-order valence-corrected chi connectivity index (χ0v) is 15.8. The zero-order chi connectivity index (χ0) is 18.5. The Hall–Kier alpha value is -1.47. The van der Waals surface area contributed by atoms with Crippen LogP contribution in [0.5, 0.6) is 0 Å². The molecular weight excluding hydrogens is 330 g/mol. The normalized spacial score (nSPS) is 15.1. The van der Waals surface area contributed by atoms with Gasteiger partial charge in [0.15, 0.2) is 0 Å². The van der Waals surface area contributed by atoms with Gasteiger partial charge in [-0.15, -0.1) is 0 Å². The molecule has 0 spiro atoms. The lowest BCUT2D eigenvalue weighted by molar-refractivity contribution is -0.192. The largest absolute Gasteiger partial charge is 0.379 e. The van der Waals surface area contributed by atoms with Gasteiger partial charge in [-0.2, -0.15) is 0 Å². The third-order valence-electron chi connectivity index (χ3n) is 4.55. The summed E-state index contributed by atoms with van der Waals surface area (Å²) in [5, 5.41) is 1.54. The third kappa shape index (κ3) is 8.27. The molecule has 2 rings (SSSR count). The zero-order valence-electron chi connectivity index (χ0n) is 15.8. The number of carbonyl (C=O) groups is 1. The minimum Gasteiger partial charge on any atom is -0.379 e. The third-order valence-corrected chi connectivity index (χ3v) is 4.55. The molecule has 1 saturated heterocycles. The van der Waals surface area contributed by atoms with Gasteiger partial charge in [-0.1, -0.05) is 43.2 Å². The van der Waals surface area contributed by atoms with E-state index in [1.54, 1.807) is 5.06 Å². The van der Waals surface area contributed by atoms with E-state index in [-0.39, 0.29) is 5.91 Å². The quantitative estimate of drug-likeness (QED) is 0.455. The van der Waals surface area contributed by atoms with Gasteiger partial charge >= 0.3 is 0 Å². The minimum absolute atomic E-state index is 0.0589. The number of hydrogen-bond donors (Lipinski definition) is 1. The highest BCUT2D eigenvalue weighted by Crippen LogP contribution is 2.10. The lowest BCUT2D eigenvalue weighted by Gasteiger charge is -2.28. The van der Waals surface area contributed by atoms with Gasteiger partial charge < -0.3 is 10.5 Å². The fourth-order valence-electron chi connectivity index (χ4n) is 2.96. The van der Waals surface area contributed by atoms with Crippen LogP contribution in [0.1, 0.15) is 37.7 Å². The van der Waals surface area contributed by atoms with Crippen molar-refractivity contribution in [3.8, 4) is 0 Å². The molecule has 0 saturated carbocycles. The van der Waals surface area contributed by atoms with Crippen molar-refractivity contribution in [1.82, 2.24) is 9.96 Å². The molecule has 0 aliphatic carbocycles. The summed E-state index contributed by atoms with van der Waals surface area (Å²) < 4.78 is 5.36. The number of rotatable bonds is 12. The van der Waals surface area contributed by atoms with Crippen molar-refractivity contribution >= 4 is 5.91 Å². The van der Waals surface area contributed by atoms with Gasteiger partial charge in [0.25, 0.3) is 0 Å². The van der Waals surface area contributed by atoms with Crippen molar-refractivity contribution in [2.24, 2.45) is 5.73 Å². The first-order valence-electron chi connectivity index (χ1n) is 9.77. The predicted molar refractivity (Wildman–Crippen MR) is 102 cm³/mol. The average Bonchev–Trinajstić information content (AvgIpc) is 2.68. The van der Waals surface area contributed by atoms with Crippen LogP contribution in [0.2, 0.25) is 0 Å². The first-order chi connectivity index (χ1) is 12.8. The Bertz CT molecular complexity index is 492. The van der Waals surface area contributed by atoms with Crippen molar-refractivity contribution < 1.29 is 14.4 Å². The summed E-state index contributed by atoms with van der Waals surface area (Å²) >= 11 is 0. The second kappa shape index (κ2) is 12.8. The van der Waals surface area contributed by atoms with Crippen molar-refractivity contribution in [2.75, 3.05) is 46.0 Å². The lowest BCUT2D eigenvalue weighted by Crippen LogP contribution is -2.40. The summed E-state index contributed by atoms with van der Waals surface area (Å²) in [6, 6.07) is 9.99. The highest BCUT2D eigenvalue weighted by Gasteiger charge is 2.16. The maximum absolute atomic E-state index is 12.6. The predicted octanol–water partition coefficient (Wildman–Crippen LogP) is 2.19. The summed E-state index contributed by atoms with van der Waals surface area (Å²) in [5.74, 6) is 0.0589. The molecule has 26 heavy (non-hydrogen) atoms. The molecule has 1 aromatic rings. The Labute approximate surface area is 157 Å². The number of ether oxygens (including phenoxy) is 1. The van der Waals surface area contributed by atoms with Gasteiger partial charge in [-0.05, 0) is 24.9 Å². The summed E-state index contributed by atoms with van der Waals surface area (Å²) in [5.41, 5.74) is 6.59. The molecule has 1 fully saturated rings. The number of carbonyl (C=O) groups excluding carboxylic acids is 1. The molecule has 0 unspecified atom stereocenters. The van der Waals surface area contributed by atoms with Crippen LogP contribution < -0.4 is 5.73 Å². The molecule has 1 aromatic carbocycles. The highest BCUT2D eigenvalue weighted by molar-refractivity contribution is 5.75. The molecule has 6 nitrogen and oxygen atoms in total. The number of hydroxylamine groups is 2. The van der Waals surface area contributed by atoms with E-state index < -0.39 is 0 Å². The molecular formula is C20H33N3O3. The van der Waals surface area contributed by atoms with Gasteiger partial charge in [0.2, 0.25) is 5.91 Å². The number of amides is 1. The van der Waals surface area contributed by atoms with Crippen molar-refractivity contribution in [3.05, 3.63) is 35.9 Å². The summed E-state index contributed by atoms with van der Waals surface area (Å²) in [4.78, 5) is 20.8.